The quantitative estimate of drug-likeness (QED) is 0.510. The first-order valence-corrected chi connectivity index (χ1v) is 11.6. The first-order valence-electron chi connectivity index (χ1n) is 10.8. The average molecular weight is 435 g/mol. The smallest absolute Gasteiger partial charge is 0.219 e. The van der Waals surface area contributed by atoms with Gasteiger partial charge in [-0.1, -0.05) is 44.2 Å². The molecule has 4 rings (SSSR count). The maximum atomic E-state index is 6.21. The molecule has 2 heterocycles. The molecular formula is C25H30N4OS. The lowest BCUT2D eigenvalue weighted by molar-refractivity contribution is 0.236. The van der Waals surface area contributed by atoms with E-state index < -0.39 is 0 Å². The molecule has 2 N–H and O–H groups in total. The normalized spacial score (nSPS) is 16.5. The van der Waals surface area contributed by atoms with E-state index in [0.717, 1.165) is 40.4 Å². The molecule has 5 nitrogen and oxygen atoms in total. The van der Waals surface area contributed by atoms with Crippen molar-refractivity contribution >= 4 is 17.8 Å². The SMILES string of the molecule is Cc1cccc(C)c1-c1nc2cc(n1)OC[C@@H](CC(C)C)NCc1cccc(c1)SN2. The Balaban J connectivity index is 1.73. The van der Waals surface area contributed by atoms with Crippen molar-refractivity contribution in [1.29, 1.82) is 0 Å². The summed E-state index contributed by atoms with van der Waals surface area (Å²) < 4.78 is 9.60. The largest absolute Gasteiger partial charge is 0.476 e. The van der Waals surface area contributed by atoms with Gasteiger partial charge in [0.2, 0.25) is 5.88 Å². The van der Waals surface area contributed by atoms with Crippen LogP contribution in [0.15, 0.2) is 53.4 Å². The molecule has 0 saturated carbocycles. The molecule has 1 atom stereocenters. The lowest BCUT2D eigenvalue weighted by Gasteiger charge is -2.21. The van der Waals surface area contributed by atoms with E-state index >= 15 is 0 Å². The summed E-state index contributed by atoms with van der Waals surface area (Å²) in [4.78, 5) is 10.7. The molecule has 3 aromatic rings. The lowest BCUT2D eigenvalue weighted by atomic mass is 10.0. The zero-order valence-electron chi connectivity index (χ0n) is 18.6. The Bertz CT molecular complexity index is 1030. The van der Waals surface area contributed by atoms with Crippen LogP contribution in [0.1, 0.15) is 37.0 Å². The highest BCUT2D eigenvalue weighted by atomic mass is 32.2. The molecular weight excluding hydrogens is 404 g/mol. The van der Waals surface area contributed by atoms with Gasteiger partial charge in [-0.3, -0.25) is 0 Å². The Kier molecular flexibility index (Phi) is 6.78. The van der Waals surface area contributed by atoms with Gasteiger partial charge in [-0.15, -0.1) is 0 Å². The number of rotatable bonds is 3. The molecule has 31 heavy (non-hydrogen) atoms. The molecule has 1 aromatic heterocycles. The van der Waals surface area contributed by atoms with Crippen LogP contribution >= 0.6 is 11.9 Å². The molecule has 1 aliphatic rings. The number of ether oxygens (including phenoxy) is 1. The minimum atomic E-state index is 0.243. The average Bonchev–Trinajstić information content (AvgIpc) is 2.74. The number of hydrogen-bond donors (Lipinski definition) is 2. The van der Waals surface area contributed by atoms with Gasteiger partial charge in [-0.05, 0) is 67.0 Å². The third-order valence-corrected chi connectivity index (χ3v) is 6.16. The van der Waals surface area contributed by atoms with Crippen molar-refractivity contribution in [2.45, 2.75) is 51.6 Å². The fourth-order valence-corrected chi connectivity index (χ4v) is 4.57. The van der Waals surface area contributed by atoms with E-state index in [-0.39, 0.29) is 6.04 Å². The van der Waals surface area contributed by atoms with Gasteiger partial charge in [-0.2, -0.15) is 4.98 Å². The van der Waals surface area contributed by atoms with Crippen LogP contribution in [0.25, 0.3) is 11.4 Å². The maximum Gasteiger partial charge on any atom is 0.219 e. The van der Waals surface area contributed by atoms with Crippen LogP contribution in [0.4, 0.5) is 5.82 Å². The number of aromatic nitrogens is 2. The number of benzene rings is 2. The van der Waals surface area contributed by atoms with Crippen LogP contribution in [-0.4, -0.2) is 22.6 Å². The van der Waals surface area contributed by atoms with E-state index in [4.69, 9.17) is 14.7 Å². The Labute approximate surface area is 189 Å². The molecule has 2 aromatic carbocycles. The zero-order chi connectivity index (χ0) is 21.8. The third-order valence-electron chi connectivity index (χ3n) is 5.36. The highest BCUT2D eigenvalue weighted by molar-refractivity contribution is 8.00. The Hall–Kier alpha value is -2.57. The van der Waals surface area contributed by atoms with Gasteiger partial charge in [0.25, 0.3) is 0 Å². The Morgan fingerprint density at radius 1 is 1.06 bits per heavy atom. The molecule has 0 unspecified atom stereocenters. The van der Waals surface area contributed by atoms with Gasteiger partial charge < -0.3 is 14.8 Å². The van der Waals surface area contributed by atoms with Crippen molar-refractivity contribution in [3.63, 3.8) is 0 Å². The molecule has 0 fully saturated rings. The minimum absolute atomic E-state index is 0.243. The predicted octanol–water partition coefficient (Wildman–Crippen LogP) is 5.78. The van der Waals surface area contributed by atoms with Crippen molar-refractivity contribution in [3.05, 3.63) is 65.2 Å². The topological polar surface area (TPSA) is 59.1 Å². The standard InChI is InChI=1S/C25H30N4OS/c1-16(2)11-20-15-30-23-13-22(29-31-21-10-6-9-19(12-21)14-26-20)27-25(28-23)24-17(3)7-5-8-18(24)4/h5-10,12-13,16,20,26H,11,14-15H2,1-4H3,(H,27,28,29)/t20-/m1/s1. The van der Waals surface area contributed by atoms with Crippen molar-refractivity contribution < 1.29 is 4.74 Å². The van der Waals surface area contributed by atoms with E-state index in [0.29, 0.717) is 24.2 Å². The number of hydrogen-bond acceptors (Lipinski definition) is 6. The molecule has 4 bridgehead atoms. The van der Waals surface area contributed by atoms with E-state index in [1.807, 2.05) is 6.07 Å². The molecule has 6 heteroatoms. The first-order chi connectivity index (χ1) is 15.0. The monoisotopic (exact) mass is 434 g/mol. The molecule has 1 aliphatic heterocycles. The summed E-state index contributed by atoms with van der Waals surface area (Å²) in [6.07, 6.45) is 1.04. The van der Waals surface area contributed by atoms with Gasteiger partial charge in [0, 0.05) is 29.1 Å². The molecule has 162 valence electrons. The second-order valence-corrected chi connectivity index (χ2v) is 9.43. The number of anilines is 1. The van der Waals surface area contributed by atoms with Gasteiger partial charge in [0.05, 0.1) is 0 Å². The highest BCUT2D eigenvalue weighted by Crippen LogP contribution is 2.29. The Morgan fingerprint density at radius 3 is 2.61 bits per heavy atom. The number of fused-ring (bicyclic) bond motifs is 4. The Morgan fingerprint density at radius 2 is 1.84 bits per heavy atom. The van der Waals surface area contributed by atoms with E-state index in [1.165, 1.54) is 5.56 Å². The second kappa shape index (κ2) is 9.71. The molecule has 0 spiro atoms. The first kappa shape index (κ1) is 21.7. The summed E-state index contributed by atoms with van der Waals surface area (Å²) >= 11 is 1.55. The summed E-state index contributed by atoms with van der Waals surface area (Å²) in [6, 6.07) is 17.0. The number of nitrogens with zero attached hydrogens (tertiary/aromatic N) is 2. The van der Waals surface area contributed by atoms with E-state index in [1.54, 1.807) is 11.9 Å². The van der Waals surface area contributed by atoms with Crippen LogP contribution in [-0.2, 0) is 6.54 Å². The maximum absolute atomic E-state index is 6.21. The molecule has 0 radical (unpaired) electrons. The molecule has 0 aliphatic carbocycles. The number of aryl methyl sites for hydroxylation is 2. The van der Waals surface area contributed by atoms with Crippen molar-refractivity contribution in [2.24, 2.45) is 5.92 Å². The second-order valence-electron chi connectivity index (χ2n) is 8.55. The van der Waals surface area contributed by atoms with E-state index in [2.05, 4.69) is 80.2 Å². The van der Waals surface area contributed by atoms with Gasteiger partial charge >= 0.3 is 0 Å². The predicted molar refractivity (Wildman–Crippen MR) is 128 cm³/mol. The van der Waals surface area contributed by atoms with Crippen LogP contribution in [0.2, 0.25) is 0 Å². The van der Waals surface area contributed by atoms with Crippen molar-refractivity contribution in [3.8, 4) is 17.3 Å². The summed E-state index contributed by atoms with van der Waals surface area (Å²) in [6.45, 7) is 10.0. The van der Waals surface area contributed by atoms with E-state index in [9.17, 15) is 0 Å². The fraction of sp³-hybridized carbons (Fsp3) is 0.360. The minimum Gasteiger partial charge on any atom is -0.476 e. The lowest BCUT2D eigenvalue weighted by Crippen LogP contribution is -2.35. The zero-order valence-corrected chi connectivity index (χ0v) is 19.4. The van der Waals surface area contributed by atoms with Crippen molar-refractivity contribution in [1.82, 2.24) is 15.3 Å². The van der Waals surface area contributed by atoms with Crippen LogP contribution in [0.3, 0.4) is 0 Å². The highest BCUT2D eigenvalue weighted by Gasteiger charge is 2.16. The third kappa shape index (κ3) is 5.57. The summed E-state index contributed by atoms with van der Waals surface area (Å²) in [5, 5.41) is 3.67. The van der Waals surface area contributed by atoms with Crippen molar-refractivity contribution in [2.75, 3.05) is 11.3 Å². The van der Waals surface area contributed by atoms with Gasteiger partial charge in [0.1, 0.15) is 12.4 Å². The molecule has 0 saturated heterocycles. The molecule has 0 amide bonds. The van der Waals surface area contributed by atoms with Crippen LogP contribution in [0, 0.1) is 19.8 Å². The summed E-state index contributed by atoms with van der Waals surface area (Å²) in [5.41, 5.74) is 4.62. The summed E-state index contributed by atoms with van der Waals surface area (Å²) in [5.74, 6) is 2.60. The van der Waals surface area contributed by atoms with Crippen LogP contribution in [0.5, 0.6) is 5.88 Å². The number of nitrogens with one attached hydrogen (secondary N) is 2. The van der Waals surface area contributed by atoms with Gasteiger partial charge in [0.15, 0.2) is 5.82 Å². The van der Waals surface area contributed by atoms with Crippen LogP contribution < -0.4 is 14.8 Å². The fourth-order valence-electron chi connectivity index (χ4n) is 3.89. The van der Waals surface area contributed by atoms with Gasteiger partial charge in [-0.25, -0.2) is 4.98 Å². The summed E-state index contributed by atoms with van der Waals surface area (Å²) in [7, 11) is 0.